The fraction of sp³-hybridized carbons (Fsp3) is 0.408. The molecule has 12 aromatic rings. The number of aromatic nitrogens is 12. The maximum atomic E-state index is 12.4. The fourth-order valence-corrected chi connectivity index (χ4v) is 13.3. The lowest BCUT2D eigenvalue weighted by Gasteiger charge is -2.23. The van der Waals surface area contributed by atoms with Gasteiger partial charge in [0.25, 0.3) is 0 Å². The average Bonchev–Trinajstić information content (AvgIpc) is 1.97. The van der Waals surface area contributed by atoms with Crippen molar-refractivity contribution in [1.29, 1.82) is 0 Å². The minimum absolute atomic E-state index is 0.0542. The highest BCUT2D eigenvalue weighted by molar-refractivity contribution is 6.17. The second-order valence-corrected chi connectivity index (χ2v) is 34.5. The number of nitrogens with zero attached hydrogens (tertiary/aromatic N) is 6. The van der Waals surface area contributed by atoms with E-state index in [2.05, 4.69) is 188 Å². The van der Waals surface area contributed by atoms with E-state index in [1.165, 1.54) is 48.2 Å². The molecule has 44 nitrogen and oxygen atoms in total. The van der Waals surface area contributed by atoms with Gasteiger partial charge in [0.05, 0.1) is 188 Å². The van der Waals surface area contributed by atoms with Crippen molar-refractivity contribution in [2.75, 3.05) is 140 Å². The minimum Gasteiger partial charge on any atom is -0.462 e. The van der Waals surface area contributed by atoms with E-state index in [1.807, 2.05) is 13.8 Å². The van der Waals surface area contributed by atoms with Crippen LogP contribution in [-0.4, -0.2) is 246 Å². The van der Waals surface area contributed by atoms with E-state index in [4.69, 9.17) is 49.5 Å². The van der Waals surface area contributed by atoms with Crippen molar-refractivity contribution < 1.29 is 124 Å². The summed E-state index contributed by atoms with van der Waals surface area (Å²) in [5.74, 6) is 0.433. The predicted molar refractivity (Wildman–Crippen MR) is 534 cm³/mol. The zero-order valence-corrected chi connectivity index (χ0v) is 83.4. The van der Waals surface area contributed by atoms with E-state index < -0.39 is 54.5 Å². The number of aromatic amines is 6. The summed E-state index contributed by atoms with van der Waals surface area (Å²) < 4.78 is 69.1. The van der Waals surface area contributed by atoms with E-state index >= 15 is 0 Å². The molecule has 6 aromatic heterocycles. The lowest BCUT2D eigenvalue weighted by atomic mass is 9.84. The quantitative estimate of drug-likeness (QED) is 0.00565. The number of rotatable bonds is 37. The first-order valence-corrected chi connectivity index (χ1v) is 46.0. The molecule has 1 aliphatic carbocycles. The van der Waals surface area contributed by atoms with Gasteiger partial charge in [0.15, 0.2) is 0 Å². The first-order valence-electron chi connectivity index (χ1n) is 45.5. The van der Waals surface area contributed by atoms with Crippen LogP contribution in [0, 0.1) is 22.7 Å². The molecule has 12 N–H and O–H groups in total. The summed E-state index contributed by atoms with van der Waals surface area (Å²) in [5.41, 5.74) is 11.6. The molecule has 45 heteroatoms. The van der Waals surface area contributed by atoms with Crippen LogP contribution >= 0.6 is 11.6 Å². The molecular formula is C98H123ClN18O26. The topological polar surface area (TPSA) is 578 Å². The lowest BCUT2D eigenvalue weighted by molar-refractivity contribution is 0.0163. The highest BCUT2D eigenvalue weighted by Crippen LogP contribution is 2.35. The Balaban J connectivity index is 0.000000210. The Morgan fingerprint density at radius 1 is 0.399 bits per heavy atom. The number of hydrogen-bond acceptors (Lipinski definition) is 32. The van der Waals surface area contributed by atoms with E-state index in [1.54, 1.807) is 115 Å². The molecule has 1 aliphatic rings. The van der Waals surface area contributed by atoms with Crippen molar-refractivity contribution in [3.05, 3.63) is 167 Å². The minimum atomic E-state index is -0.636. The number of halogens is 1. The van der Waals surface area contributed by atoms with Crippen molar-refractivity contribution >= 4 is 186 Å². The second-order valence-electron chi connectivity index (χ2n) is 34.1. The van der Waals surface area contributed by atoms with Gasteiger partial charge >= 0.3 is 72.4 Å². The third kappa shape index (κ3) is 38.4. The van der Waals surface area contributed by atoms with Crippen molar-refractivity contribution in [2.24, 2.45) is 22.7 Å². The normalized spacial score (nSPS) is 11.7. The number of unbranched alkanes of at least 4 members (excludes halogenated alkanes) is 1. The number of carbonyl (C=O) groups is 12. The maximum absolute atomic E-state index is 12.4. The molecule has 0 aliphatic heterocycles. The Morgan fingerprint density at radius 3 is 1.00 bits per heavy atom. The van der Waals surface area contributed by atoms with Crippen LogP contribution in [0.2, 0.25) is 0 Å². The Bertz CT molecular complexity index is 6360. The molecule has 6 amide bonds. The monoisotopic (exact) mass is 2000 g/mol. The van der Waals surface area contributed by atoms with Crippen LogP contribution in [0.4, 0.5) is 64.5 Å². The van der Waals surface area contributed by atoms with Crippen molar-refractivity contribution in [3.63, 3.8) is 0 Å². The Kier molecular flexibility index (Phi) is 44.5. The van der Waals surface area contributed by atoms with E-state index in [9.17, 15) is 57.5 Å². The number of allylic oxidation sites excluding steroid dienone is 2. The third-order valence-corrected chi connectivity index (χ3v) is 20.8. The predicted octanol–water partition coefficient (Wildman–Crippen LogP) is 19.1. The number of benzene rings is 6. The summed E-state index contributed by atoms with van der Waals surface area (Å²) in [5, 5.41) is 14.6. The highest BCUT2D eigenvalue weighted by atomic mass is 35.5. The summed E-state index contributed by atoms with van der Waals surface area (Å²) in [6.07, 6.45) is 8.34. The number of carbonyl (C=O) groups excluding carboxylic acids is 12. The zero-order chi connectivity index (χ0) is 104. The van der Waals surface area contributed by atoms with Crippen molar-refractivity contribution in [1.82, 2.24) is 59.8 Å². The Labute approximate surface area is 828 Å². The molecule has 768 valence electrons. The van der Waals surface area contributed by atoms with Gasteiger partial charge in [0, 0.05) is 12.5 Å². The van der Waals surface area contributed by atoms with Crippen molar-refractivity contribution in [3.8, 4) is 0 Å². The number of hydrogen-bond donors (Lipinski definition) is 12. The van der Waals surface area contributed by atoms with Crippen LogP contribution < -0.4 is 31.9 Å². The van der Waals surface area contributed by atoms with Gasteiger partial charge in [-0.1, -0.05) is 59.3 Å². The number of anilines is 6. The average molecular weight is 2000 g/mol. The molecule has 0 spiro atoms. The van der Waals surface area contributed by atoms with E-state index in [-0.39, 0.29) is 83.1 Å². The molecule has 2 unspecified atom stereocenters. The number of methoxy groups -OCH3 is 6. The van der Waals surface area contributed by atoms with Gasteiger partial charge in [-0.2, -0.15) is 0 Å². The van der Waals surface area contributed by atoms with Gasteiger partial charge in [-0.3, -0.25) is 31.9 Å². The largest absolute Gasteiger partial charge is 0.462 e. The number of amides is 6. The first kappa shape index (κ1) is 113. The number of nitrogens with one attached hydrogen (secondary N) is 12. The molecule has 1 saturated carbocycles. The highest BCUT2D eigenvalue weighted by Gasteiger charge is 2.32. The van der Waals surface area contributed by atoms with Gasteiger partial charge in [-0.15, -0.1) is 18.2 Å². The van der Waals surface area contributed by atoms with Gasteiger partial charge in [0.1, 0.15) is 12.7 Å². The lowest BCUT2D eigenvalue weighted by Crippen LogP contribution is -2.17. The van der Waals surface area contributed by atoms with Crippen LogP contribution in [0.1, 0.15) is 189 Å². The summed E-state index contributed by atoms with van der Waals surface area (Å²) in [4.78, 5) is 182. The number of H-pyrrole nitrogens is 6. The number of ether oxygens (including phenoxy) is 14. The first-order chi connectivity index (χ1) is 68.3. The molecule has 143 heavy (non-hydrogen) atoms. The molecule has 6 aromatic carbocycles. The molecule has 2 atom stereocenters. The van der Waals surface area contributed by atoms with Gasteiger partial charge in [-0.25, -0.2) is 87.4 Å². The smallest absolute Gasteiger partial charge is 0.413 e. The molecule has 6 heterocycles. The van der Waals surface area contributed by atoms with E-state index in [0.717, 1.165) is 51.4 Å². The summed E-state index contributed by atoms with van der Waals surface area (Å²) in [6, 6.07) is 29.7. The summed E-state index contributed by atoms with van der Waals surface area (Å²) in [6.45, 7) is 28.0. The van der Waals surface area contributed by atoms with Crippen LogP contribution in [-0.2, 0) is 66.3 Å². The number of esters is 6. The Morgan fingerprint density at radius 2 is 0.699 bits per heavy atom. The standard InChI is InChI=1S/C21H29N3O4.C18H25N3O4.C16H21N3O6.C15H17N3O4.C14H16ClN3O4.C14H15N3O4/c1-14(2)7-6-10-21(3,4)11-12-28-18(25)15-8-9-16-17(13-15)23-19(22-16)24-20(26)27-5;1-11(9-18(2,3)4)10-25-15(22)12-6-7-13-14(8-12)20-16(19-13)21-17(23)24-5;1-3-23-6-7-24-8-9-25-14(20)11-4-5-12-13(10-11)18-15(17-12)19-16(21)22-2;1-8(9-3-4-9)22-13(19)10-5-6-11-12(7-10)17-14(16-11)18-15(20)21-2;1-21-14(20)18-13-16-10-5-4-9(8-11(10)17-13)12(19)22-7-3-2-6-15;1-3-4-7-21-12(18)9-5-6-10-11(8-9)16-13(15-10)17-14(19)20-2/h7-9,13H,6,10-12H2,1-5H3,(H2,22,23,24,26);6-8,11H,9-10H2,1-5H3,(H2,19,20,21,23);4-5,10H,3,6-9H2,1-2H3,(H2,17,18,19,21);5-9H,3-4H2,1-2H3,(H2,16,17,18,20);4-5,8H,2-3,6-7H2,1H3,(H2,16,17,18,20);3,5-6,8H,1,4,7H2,2H3,(H2,15,16,17,19). The summed E-state index contributed by atoms with van der Waals surface area (Å²) in [7, 11) is 7.59. The fourth-order valence-electron chi connectivity index (χ4n) is 13.1. The van der Waals surface area contributed by atoms with Crippen molar-refractivity contribution in [2.45, 2.75) is 133 Å². The number of imidazole rings is 6. The zero-order valence-electron chi connectivity index (χ0n) is 82.6. The van der Waals surface area contributed by atoms with Gasteiger partial charge in [0.2, 0.25) is 35.7 Å². The molecule has 0 saturated heterocycles. The molecule has 0 bridgehead atoms. The number of alkyl halides is 1. The van der Waals surface area contributed by atoms with Crippen LogP contribution in [0.15, 0.2) is 133 Å². The van der Waals surface area contributed by atoms with Crippen LogP contribution in [0.5, 0.6) is 0 Å². The Hall–Kier alpha value is -15.7. The van der Waals surface area contributed by atoms with E-state index in [0.29, 0.717) is 171 Å². The summed E-state index contributed by atoms with van der Waals surface area (Å²) >= 11 is 5.56. The molecule has 1 fully saturated rings. The molecule has 0 radical (unpaired) electrons. The second kappa shape index (κ2) is 56.5. The molecule has 13 rings (SSSR count). The van der Waals surface area contributed by atoms with Gasteiger partial charge < -0.3 is 96.2 Å². The number of fused-ring (bicyclic) bond motifs is 6. The SMILES string of the molecule is C=CCCOC(=O)c1ccc2nc(NC(=O)OC)[nH]c2c1.CCOCCOCCOC(=O)c1ccc2nc(NC(=O)OC)[nH]c2c1.COC(=O)Nc1nc2ccc(C(=O)OC(C)C3CC3)cc2[nH]1.COC(=O)Nc1nc2ccc(C(=O)OCC(C)CC(C)(C)C)cc2[nH]1.COC(=O)Nc1nc2ccc(C(=O)OCCC(C)(C)CCC=C(C)C)cc2[nH]1.COC(=O)Nc1nc2ccc(C(=O)OCCCCCl)cc2[nH]1. The van der Waals surface area contributed by atoms with Crippen LogP contribution in [0.3, 0.4) is 0 Å². The van der Waals surface area contributed by atoms with Crippen LogP contribution in [0.25, 0.3) is 66.2 Å². The third-order valence-electron chi connectivity index (χ3n) is 20.5. The molecular weight excluding hydrogens is 1880 g/mol. The maximum Gasteiger partial charge on any atom is 0.413 e. The van der Waals surface area contributed by atoms with Gasteiger partial charge in [-0.05, 0) is 217 Å².